The van der Waals surface area contributed by atoms with Gasteiger partial charge in [-0.2, -0.15) is 0 Å². The van der Waals surface area contributed by atoms with Crippen molar-refractivity contribution in [3.63, 3.8) is 0 Å². The summed E-state index contributed by atoms with van der Waals surface area (Å²) in [5.41, 5.74) is 0.0270. The quantitative estimate of drug-likeness (QED) is 0.308. The van der Waals surface area contributed by atoms with E-state index in [2.05, 4.69) is 5.32 Å². The van der Waals surface area contributed by atoms with Gasteiger partial charge in [0.15, 0.2) is 0 Å². The summed E-state index contributed by atoms with van der Waals surface area (Å²) >= 11 is 5.84. The first-order valence-electron chi connectivity index (χ1n) is 10.3. The molecule has 35 heavy (non-hydrogen) atoms. The minimum Gasteiger partial charge on any atom is -0.497 e. The van der Waals surface area contributed by atoms with Gasteiger partial charge in [-0.15, -0.1) is 0 Å². The maximum absolute atomic E-state index is 13.5. The molecular weight excluding hydrogens is 498 g/mol. The lowest BCUT2D eigenvalue weighted by molar-refractivity contribution is -0.384. The van der Waals surface area contributed by atoms with Crippen molar-refractivity contribution in [2.45, 2.75) is 11.8 Å². The number of benzene rings is 3. The second-order valence-corrected chi connectivity index (χ2v) is 9.36. The number of nitro groups is 1. The van der Waals surface area contributed by atoms with E-state index in [4.69, 9.17) is 21.1 Å². The number of nitrogens with one attached hydrogen (secondary N) is 1. The Balaban J connectivity index is 1.95. The number of sulfonamides is 1. The van der Waals surface area contributed by atoms with Gasteiger partial charge in [-0.1, -0.05) is 11.6 Å². The van der Waals surface area contributed by atoms with E-state index >= 15 is 0 Å². The number of methoxy groups -OCH3 is 1. The molecule has 0 bridgehead atoms. The summed E-state index contributed by atoms with van der Waals surface area (Å²) in [5, 5.41) is 13.7. The Hall–Kier alpha value is -3.83. The van der Waals surface area contributed by atoms with Crippen LogP contribution in [0.1, 0.15) is 6.92 Å². The molecule has 0 saturated heterocycles. The highest BCUT2D eigenvalue weighted by Crippen LogP contribution is 2.31. The average molecular weight is 520 g/mol. The van der Waals surface area contributed by atoms with E-state index in [0.717, 1.165) is 22.5 Å². The molecule has 1 amide bonds. The molecule has 0 radical (unpaired) electrons. The molecule has 0 atom stereocenters. The predicted octanol–water partition coefficient (Wildman–Crippen LogP) is 4.49. The smallest absolute Gasteiger partial charge is 0.289 e. The second kappa shape index (κ2) is 11.1. The van der Waals surface area contributed by atoms with E-state index in [0.29, 0.717) is 23.8 Å². The zero-order chi connectivity index (χ0) is 25.6. The van der Waals surface area contributed by atoms with Crippen molar-refractivity contribution in [3.05, 3.63) is 81.9 Å². The van der Waals surface area contributed by atoms with Crippen molar-refractivity contribution < 1.29 is 27.6 Å². The van der Waals surface area contributed by atoms with Crippen molar-refractivity contribution in [2.24, 2.45) is 0 Å². The number of rotatable bonds is 10. The topological polar surface area (TPSA) is 128 Å². The number of nitro benzene ring substituents is 1. The van der Waals surface area contributed by atoms with E-state index in [-0.39, 0.29) is 10.7 Å². The van der Waals surface area contributed by atoms with E-state index in [1.54, 1.807) is 24.3 Å². The van der Waals surface area contributed by atoms with E-state index in [1.807, 2.05) is 6.92 Å². The van der Waals surface area contributed by atoms with E-state index in [9.17, 15) is 23.3 Å². The molecular formula is C23H22ClN3O7S. The molecule has 0 aliphatic rings. The summed E-state index contributed by atoms with van der Waals surface area (Å²) in [4.78, 5) is 22.9. The Morgan fingerprint density at radius 2 is 1.69 bits per heavy atom. The first kappa shape index (κ1) is 25.8. The largest absolute Gasteiger partial charge is 0.497 e. The Morgan fingerprint density at radius 1 is 1.06 bits per heavy atom. The summed E-state index contributed by atoms with van der Waals surface area (Å²) in [5.74, 6) is 0.473. The van der Waals surface area contributed by atoms with Crippen LogP contribution in [0.2, 0.25) is 5.02 Å². The van der Waals surface area contributed by atoms with Gasteiger partial charge >= 0.3 is 0 Å². The van der Waals surface area contributed by atoms with Crippen LogP contribution in [-0.2, 0) is 14.8 Å². The van der Waals surface area contributed by atoms with Crippen molar-refractivity contribution in [2.75, 3.05) is 29.9 Å². The van der Waals surface area contributed by atoms with Crippen LogP contribution in [0.25, 0.3) is 0 Å². The molecule has 0 aliphatic carbocycles. The minimum absolute atomic E-state index is 0.158. The van der Waals surface area contributed by atoms with Gasteiger partial charge in [0.2, 0.25) is 5.91 Å². The SMILES string of the molecule is CCOc1ccc(NC(=O)CN(c2ccc(OC)cc2)S(=O)(=O)c2ccc(Cl)c([N+](=O)[O-])c2)cc1. The molecule has 184 valence electrons. The molecule has 0 unspecified atom stereocenters. The molecule has 0 heterocycles. The number of nitrogens with zero attached hydrogens (tertiary/aromatic N) is 2. The van der Waals surface area contributed by atoms with Gasteiger partial charge in [0.05, 0.1) is 29.2 Å². The zero-order valence-electron chi connectivity index (χ0n) is 18.8. The number of ether oxygens (including phenoxy) is 2. The summed E-state index contributed by atoms with van der Waals surface area (Å²) < 4.78 is 38.4. The van der Waals surface area contributed by atoms with E-state index in [1.165, 1.54) is 31.4 Å². The summed E-state index contributed by atoms with van der Waals surface area (Å²) in [7, 11) is -2.94. The summed E-state index contributed by atoms with van der Waals surface area (Å²) in [6, 6.07) is 15.7. The zero-order valence-corrected chi connectivity index (χ0v) is 20.4. The number of hydrogen-bond acceptors (Lipinski definition) is 7. The van der Waals surface area contributed by atoms with Crippen molar-refractivity contribution in [1.29, 1.82) is 0 Å². The molecule has 3 rings (SSSR count). The number of hydrogen-bond donors (Lipinski definition) is 1. The highest BCUT2D eigenvalue weighted by Gasteiger charge is 2.29. The third-order valence-corrected chi connectivity index (χ3v) is 6.89. The summed E-state index contributed by atoms with van der Waals surface area (Å²) in [6.07, 6.45) is 0. The Bertz CT molecular complexity index is 1310. The van der Waals surface area contributed by atoms with Crippen LogP contribution in [0.4, 0.5) is 17.1 Å². The van der Waals surface area contributed by atoms with Crippen LogP contribution in [0.15, 0.2) is 71.6 Å². The third-order valence-electron chi connectivity index (χ3n) is 4.80. The number of amides is 1. The van der Waals surface area contributed by atoms with Crippen molar-refractivity contribution in [3.8, 4) is 11.5 Å². The monoisotopic (exact) mass is 519 g/mol. The van der Waals surface area contributed by atoms with Crippen molar-refractivity contribution in [1.82, 2.24) is 0 Å². The highest BCUT2D eigenvalue weighted by molar-refractivity contribution is 7.92. The third kappa shape index (κ3) is 6.19. The lowest BCUT2D eigenvalue weighted by atomic mass is 10.3. The number of carbonyl (C=O) groups is 1. The fourth-order valence-corrected chi connectivity index (χ4v) is 4.74. The molecule has 12 heteroatoms. The maximum atomic E-state index is 13.5. The first-order valence-corrected chi connectivity index (χ1v) is 12.1. The van der Waals surface area contributed by atoms with Crippen LogP contribution in [0.3, 0.4) is 0 Å². The Morgan fingerprint density at radius 3 is 2.26 bits per heavy atom. The lowest BCUT2D eigenvalue weighted by Gasteiger charge is -2.24. The van der Waals surface area contributed by atoms with Gasteiger partial charge in [-0.3, -0.25) is 19.2 Å². The summed E-state index contributed by atoms with van der Waals surface area (Å²) in [6.45, 7) is 1.74. The van der Waals surface area contributed by atoms with Gasteiger partial charge in [0, 0.05) is 11.8 Å². The van der Waals surface area contributed by atoms with Gasteiger partial charge in [-0.25, -0.2) is 8.42 Å². The van der Waals surface area contributed by atoms with Crippen LogP contribution >= 0.6 is 11.6 Å². The average Bonchev–Trinajstić information content (AvgIpc) is 2.84. The van der Waals surface area contributed by atoms with Crippen LogP contribution in [0, 0.1) is 10.1 Å². The predicted molar refractivity (Wildman–Crippen MR) is 132 cm³/mol. The molecule has 3 aromatic rings. The number of carbonyl (C=O) groups excluding carboxylic acids is 1. The first-order chi connectivity index (χ1) is 16.6. The number of anilines is 2. The molecule has 0 aliphatic heterocycles. The molecule has 1 N–H and O–H groups in total. The standard InChI is InChI=1S/C23H22ClN3O7S/c1-3-34-19-8-4-16(5-9-19)25-23(28)15-26(17-6-10-18(33-2)11-7-17)35(31,32)20-12-13-21(24)22(14-20)27(29)30/h4-14H,3,15H2,1-2H3,(H,25,28). The molecule has 0 saturated carbocycles. The molecule has 0 aromatic heterocycles. The molecule has 0 fully saturated rings. The Kier molecular flexibility index (Phi) is 8.15. The Labute approximate surface area is 207 Å². The van der Waals surface area contributed by atoms with Crippen LogP contribution in [-0.4, -0.2) is 39.5 Å². The van der Waals surface area contributed by atoms with Crippen LogP contribution in [0.5, 0.6) is 11.5 Å². The van der Waals surface area contributed by atoms with Gasteiger partial charge < -0.3 is 14.8 Å². The molecule has 0 spiro atoms. The van der Waals surface area contributed by atoms with Gasteiger partial charge in [-0.05, 0) is 67.6 Å². The van der Waals surface area contributed by atoms with Gasteiger partial charge in [0.1, 0.15) is 23.1 Å². The normalized spacial score (nSPS) is 10.9. The lowest BCUT2D eigenvalue weighted by Crippen LogP contribution is -2.38. The molecule has 3 aromatic carbocycles. The van der Waals surface area contributed by atoms with Crippen LogP contribution < -0.4 is 19.1 Å². The van der Waals surface area contributed by atoms with Gasteiger partial charge in [0.25, 0.3) is 15.7 Å². The maximum Gasteiger partial charge on any atom is 0.289 e. The minimum atomic E-state index is -4.40. The van der Waals surface area contributed by atoms with E-state index < -0.39 is 38.0 Å². The fourth-order valence-electron chi connectivity index (χ4n) is 3.12. The second-order valence-electron chi connectivity index (χ2n) is 7.09. The molecule has 10 nitrogen and oxygen atoms in total. The number of halogens is 1. The highest BCUT2D eigenvalue weighted by atomic mass is 35.5. The fraction of sp³-hybridized carbons (Fsp3) is 0.174. The van der Waals surface area contributed by atoms with Crippen molar-refractivity contribution >= 4 is 44.6 Å².